The topological polar surface area (TPSA) is 90.9 Å². The minimum Gasteiger partial charge on any atom is -0.497 e. The number of piperidine rings is 1. The average molecular weight is 505 g/mol. The van der Waals surface area contributed by atoms with Crippen LogP contribution in [0.15, 0.2) is 30.6 Å². The van der Waals surface area contributed by atoms with E-state index in [-0.39, 0.29) is 18.0 Å². The SMILES string of the molecule is COc1ccc2c(c1)CCN(C1CCN(c3cc(C(=O)N4CCC5CCCCC54)ncn3)CC1)C(=O)N2. The lowest BCUT2D eigenvalue weighted by atomic mass is 9.85. The van der Waals surface area contributed by atoms with Crippen molar-refractivity contribution in [2.45, 2.75) is 63.5 Å². The minimum atomic E-state index is -0.0380. The van der Waals surface area contributed by atoms with E-state index >= 15 is 0 Å². The standard InChI is InChI=1S/C28H36N6O3/c1-37-22-6-7-23-20(16-22)9-14-33(28(36)31-23)21-10-12-32(13-11-21)26-17-24(29-18-30-26)27(35)34-15-8-19-4-2-3-5-25(19)34/h6-7,16-19,21,25H,2-5,8-15H2,1H3,(H,31,36). The number of methoxy groups -OCH3 is 1. The molecule has 2 unspecified atom stereocenters. The van der Waals surface area contributed by atoms with Crippen LogP contribution >= 0.6 is 0 Å². The molecule has 196 valence electrons. The highest BCUT2D eigenvalue weighted by Gasteiger charge is 2.39. The van der Waals surface area contributed by atoms with Gasteiger partial charge in [-0.2, -0.15) is 0 Å². The Balaban J connectivity index is 1.09. The Morgan fingerprint density at radius 1 is 1.00 bits per heavy atom. The zero-order valence-corrected chi connectivity index (χ0v) is 21.6. The van der Waals surface area contributed by atoms with E-state index in [4.69, 9.17) is 4.74 Å². The van der Waals surface area contributed by atoms with Gasteiger partial charge in [-0.1, -0.05) is 12.8 Å². The number of anilines is 2. The number of carbonyl (C=O) groups is 2. The lowest BCUT2D eigenvalue weighted by molar-refractivity contribution is 0.0684. The maximum atomic E-state index is 13.4. The van der Waals surface area contributed by atoms with Gasteiger partial charge in [0, 0.05) is 50.0 Å². The zero-order chi connectivity index (χ0) is 25.4. The van der Waals surface area contributed by atoms with Gasteiger partial charge in [-0.15, -0.1) is 0 Å². The van der Waals surface area contributed by atoms with Crippen molar-refractivity contribution in [3.8, 4) is 5.75 Å². The van der Waals surface area contributed by atoms with Crippen LogP contribution in [-0.4, -0.2) is 77.1 Å². The predicted molar refractivity (Wildman–Crippen MR) is 141 cm³/mol. The number of ether oxygens (including phenoxy) is 1. The molecule has 4 aliphatic rings. The lowest BCUT2D eigenvalue weighted by Gasteiger charge is -2.38. The van der Waals surface area contributed by atoms with Gasteiger partial charge in [-0.25, -0.2) is 14.8 Å². The molecule has 1 saturated carbocycles. The molecule has 0 bridgehead atoms. The molecular weight excluding hydrogens is 468 g/mol. The van der Waals surface area contributed by atoms with Gasteiger partial charge in [0.2, 0.25) is 0 Å². The number of fused-ring (bicyclic) bond motifs is 2. The maximum absolute atomic E-state index is 13.4. The number of benzene rings is 1. The number of nitrogens with one attached hydrogen (secondary N) is 1. The highest BCUT2D eigenvalue weighted by molar-refractivity contribution is 5.93. The molecule has 1 N–H and O–H groups in total. The molecule has 0 radical (unpaired) electrons. The highest BCUT2D eigenvalue weighted by Crippen LogP contribution is 2.37. The van der Waals surface area contributed by atoms with Crippen molar-refractivity contribution in [1.82, 2.24) is 19.8 Å². The molecule has 1 aliphatic carbocycles. The molecule has 4 heterocycles. The third-order valence-electron chi connectivity index (χ3n) is 8.81. The van der Waals surface area contributed by atoms with Crippen molar-refractivity contribution >= 4 is 23.4 Å². The number of hydrogen-bond acceptors (Lipinski definition) is 6. The molecule has 9 heteroatoms. The first kappa shape index (κ1) is 24.0. The van der Waals surface area contributed by atoms with Gasteiger partial charge in [0.1, 0.15) is 23.6 Å². The summed E-state index contributed by atoms with van der Waals surface area (Å²) in [6.45, 7) is 3.09. The normalized spacial score (nSPS) is 24.2. The van der Waals surface area contributed by atoms with Gasteiger partial charge < -0.3 is 24.8 Å². The third-order valence-corrected chi connectivity index (χ3v) is 8.81. The van der Waals surface area contributed by atoms with E-state index in [1.54, 1.807) is 7.11 Å². The number of nitrogens with zero attached hydrogens (tertiary/aromatic N) is 5. The first-order chi connectivity index (χ1) is 18.1. The molecule has 1 aromatic heterocycles. The number of rotatable bonds is 4. The minimum absolute atomic E-state index is 0.0380. The second kappa shape index (κ2) is 10.2. The molecule has 1 aromatic carbocycles. The fraction of sp³-hybridized carbons (Fsp3) is 0.571. The molecule has 2 atom stereocenters. The van der Waals surface area contributed by atoms with Crippen LogP contribution in [-0.2, 0) is 6.42 Å². The molecule has 2 saturated heterocycles. The average Bonchev–Trinajstić information content (AvgIpc) is 3.30. The Kier molecular flexibility index (Phi) is 6.61. The fourth-order valence-corrected chi connectivity index (χ4v) is 6.75. The fourth-order valence-electron chi connectivity index (χ4n) is 6.75. The second-order valence-electron chi connectivity index (χ2n) is 10.8. The number of hydrogen-bond donors (Lipinski definition) is 1. The lowest BCUT2D eigenvalue weighted by Crippen LogP contribution is -2.49. The first-order valence-electron chi connectivity index (χ1n) is 13.7. The van der Waals surface area contributed by atoms with Crippen molar-refractivity contribution in [2.24, 2.45) is 5.92 Å². The smallest absolute Gasteiger partial charge is 0.322 e. The van der Waals surface area contributed by atoms with Crippen LogP contribution in [0.2, 0.25) is 0 Å². The molecule has 3 aliphatic heterocycles. The summed E-state index contributed by atoms with van der Waals surface area (Å²) in [5.41, 5.74) is 2.46. The van der Waals surface area contributed by atoms with Crippen molar-refractivity contribution < 1.29 is 14.3 Å². The van der Waals surface area contributed by atoms with Crippen molar-refractivity contribution in [1.29, 1.82) is 0 Å². The molecule has 9 nitrogen and oxygen atoms in total. The Hall–Kier alpha value is -3.36. The van der Waals surface area contributed by atoms with Crippen LogP contribution in [0.1, 0.15) is 61.0 Å². The van der Waals surface area contributed by atoms with Crippen molar-refractivity contribution in [3.63, 3.8) is 0 Å². The molecule has 3 fully saturated rings. The number of carbonyl (C=O) groups excluding carboxylic acids is 2. The predicted octanol–water partition coefficient (Wildman–Crippen LogP) is 3.95. The Bertz CT molecular complexity index is 1160. The van der Waals surface area contributed by atoms with E-state index in [2.05, 4.69) is 25.1 Å². The van der Waals surface area contributed by atoms with E-state index in [1.165, 1.54) is 25.6 Å². The molecule has 0 spiro atoms. The molecule has 2 aromatic rings. The second-order valence-corrected chi connectivity index (χ2v) is 10.8. The van der Waals surface area contributed by atoms with Crippen LogP contribution in [0.4, 0.5) is 16.3 Å². The van der Waals surface area contributed by atoms with E-state index in [1.807, 2.05) is 29.2 Å². The summed E-state index contributed by atoms with van der Waals surface area (Å²) >= 11 is 0. The Morgan fingerprint density at radius 2 is 1.84 bits per heavy atom. The van der Waals surface area contributed by atoms with Crippen molar-refractivity contribution in [3.05, 3.63) is 41.9 Å². The molecule has 6 rings (SSSR count). The van der Waals surface area contributed by atoms with Gasteiger partial charge in [0.25, 0.3) is 5.91 Å². The zero-order valence-electron chi connectivity index (χ0n) is 21.6. The van der Waals surface area contributed by atoms with Gasteiger partial charge in [-0.05, 0) is 68.2 Å². The molecule has 37 heavy (non-hydrogen) atoms. The van der Waals surface area contributed by atoms with Gasteiger partial charge in [0.05, 0.1) is 7.11 Å². The summed E-state index contributed by atoms with van der Waals surface area (Å²) in [5, 5.41) is 3.09. The monoisotopic (exact) mass is 504 g/mol. The van der Waals surface area contributed by atoms with Crippen LogP contribution in [0.25, 0.3) is 0 Å². The summed E-state index contributed by atoms with van der Waals surface area (Å²) in [7, 11) is 1.66. The third kappa shape index (κ3) is 4.71. The summed E-state index contributed by atoms with van der Waals surface area (Å²) in [6.07, 6.45) is 10.0. The van der Waals surface area contributed by atoms with Crippen LogP contribution < -0.4 is 15.0 Å². The Labute approximate surface area is 218 Å². The van der Waals surface area contributed by atoms with Gasteiger partial charge >= 0.3 is 6.03 Å². The van der Waals surface area contributed by atoms with Crippen LogP contribution in [0, 0.1) is 5.92 Å². The van der Waals surface area contributed by atoms with E-state index in [9.17, 15) is 9.59 Å². The Morgan fingerprint density at radius 3 is 2.68 bits per heavy atom. The summed E-state index contributed by atoms with van der Waals surface area (Å²) in [6, 6.07) is 8.18. The number of aromatic nitrogens is 2. The van der Waals surface area contributed by atoms with Gasteiger partial charge in [0.15, 0.2) is 0 Å². The van der Waals surface area contributed by atoms with Crippen LogP contribution in [0.5, 0.6) is 5.75 Å². The first-order valence-corrected chi connectivity index (χ1v) is 13.7. The summed E-state index contributed by atoms with van der Waals surface area (Å²) < 4.78 is 5.35. The summed E-state index contributed by atoms with van der Waals surface area (Å²) in [4.78, 5) is 41.5. The number of urea groups is 1. The molecular formula is C28H36N6O3. The van der Waals surface area contributed by atoms with E-state index < -0.39 is 0 Å². The quantitative estimate of drug-likeness (QED) is 0.678. The molecule has 3 amide bonds. The van der Waals surface area contributed by atoms with E-state index in [0.29, 0.717) is 24.2 Å². The van der Waals surface area contributed by atoms with Crippen LogP contribution in [0.3, 0.4) is 0 Å². The van der Waals surface area contributed by atoms with Crippen molar-refractivity contribution in [2.75, 3.05) is 43.5 Å². The highest BCUT2D eigenvalue weighted by atomic mass is 16.5. The number of amides is 3. The largest absolute Gasteiger partial charge is 0.497 e. The van der Waals surface area contributed by atoms with Gasteiger partial charge in [-0.3, -0.25) is 4.79 Å². The number of likely N-dealkylation sites (tertiary alicyclic amines) is 1. The van der Waals surface area contributed by atoms with E-state index in [0.717, 1.165) is 74.6 Å². The summed E-state index contributed by atoms with van der Waals surface area (Å²) in [5.74, 6) is 2.31. The maximum Gasteiger partial charge on any atom is 0.322 e.